The van der Waals surface area contributed by atoms with Gasteiger partial charge in [0.1, 0.15) is 23.8 Å². The van der Waals surface area contributed by atoms with Gasteiger partial charge in [0, 0.05) is 33.1 Å². The zero-order valence-corrected chi connectivity index (χ0v) is 27.5. The topological polar surface area (TPSA) is 104 Å². The van der Waals surface area contributed by atoms with E-state index < -0.39 is 36.0 Å². The second kappa shape index (κ2) is 15.4. The van der Waals surface area contributed by atoms with E-state index in [1.807, 2.05) is 9.80 Å². The number of benzene rings is 2. The number of cyclic esters (lactones) is 2. The van der Waals surface area contributed by atoms with Gasteiger partial charge in [-0.2, -0.15) is 27.0 Å². The Morgan fingerprint density at radius 2 is 1.13 bits per heavy atom. The van der Waals surface area contributed by atoms with Crippen LogP contribution < -0.4 is 19.6 Å². The van der Waals surface area contributed by atoms with Crippen molar-refractivity contribution in [1.82, 2.24) is 4.90 Å². The number of hydrogen-bond donors (Lipinski definition) is 0. The molecule has 4 saturated heterocycles. The van der Waals surface area contributed by atoms with Crippen molar-refractivity contribution in [1.29, 1.82) is 0 Å². The summed E-state index contributed by atoms with van der Waals surface area (Å²) < 4.78 is 51.7. The Bertz CT molecular complexity index is 1320. The van der Waals surface area contributed by atoms with E-state index in [9.17, 15) is 23.2 Å². The predicted molar refractivity (Wildman–Crippen MR) is 177 cm³/mol. The Kier molecular flexibility index (Phi) is 11.9. The summed E-state index contributed by atoms with van der Waals surface area (Å²) in [5, 5.41) is 0. The number of halogens is 2. The summed E-state index contributed by atoms with van der Waals surface area (Å²) in [7, 11) is 0. The summed E-state index contributed by atoms with van der Waals surface area (Å²) in [5.41, 5.74) is 1.60. The third-order valence-corrected chi connectivity index (χ3v) is 8.23. The molecule has 3 amide bonds. The van der Waals surface area contributed by atoms with Gasteiger partial charge >= 0.3 is 12.2 Å². The van der Waals surface area contributed by atoms with Crippen LogP contribution in [0.5, 0.6) is 0 Å². The smallest absolute Gasteiger partial charge is 0.414 e. The number of amides is 3. The minimum absolute atomic E-state index is 0. The van der Waals surface area contributed by atoms with Gasteiger partial charge in [-0.15, -0.1) is 0 Å². The van der Waals surface area contributed by atoms with E-state index in [1.54, 1.807) is 24.3 Å². The summed E-state index contributed by atoms with van der Waals surface area (Å²) in [5.74, 6) is -1.20. The van der Waals surface area contributed by atoms with Crippen molar-refractivity contribution in [2.24, 2.45) is 0 Å². The Labute approximate surface area is 279 Å². The molecule has 4 aliphatic heterocycles. The minimum atomic E-state index is -0.677. The lowest BCUT2D eigenvalue weighted by molar-refractivity contribution is -0.131. The number of nitrogens with zero attached hydrogens (tertiary/aromatic N) is 5. The number of carbonyl (C=O) groups is 3. The van der Waals surface area contributed by atoms with Crippen LogP contribution in [0.3, 0.4) is 0 Å². The number of hydrogen-bond acceptors (Lipinski definition) is 9. The summed E-state index contributed by atoms with van der Waals surface area (Å²) in [6.07, 6.45) is -2.64. The van der Waals surface area contributed by atoms with Crippen molar-refractivity contribution in [3.63, 3.8) is 0 Å². The molecule has 2 aromatic rings. The number of rotatable bonds is 8. The second-order valence-corrected chi connectivity index (χ2v) is 11.1. The van der Waals surface area contributed by atoms with Crippen molar-refractivity contribution in [3.05, 3.63) is 48.0 Å². The van der Waals surface area contributed by atoms with Gasteiger partial charge in [-0.1, -0.05) is 0 Å². The third kappa shape index (κ3) is 7.73. The molecule has 0 saturated carbocycles. The summed E-state index contributed by atoms with van der Waals surface area (Å²) in [4.78, 5) is 45.9. The lowest BCUT2D eigenvalue weighted by atomic mass is 10.2. The van der Waals surface area contributed by atoms with E-state index in [4.69, 9.17) is 18.9 Å². The Balaban J connectivity index is 0.00000240. The highest BCUT2D eigenvalue weighted by Crippen LogP contribution is 2.30. The van der Waals surface area contributed by atoms with E-state index in [2.05, 4.69) is 0 Å². The number of morpholine rings is 2. The molecule has 0 aliphatic carbocycles. The summed E-state index contributed by atoms with van der Waals surface area (Å²) in [6, 6.07) is 9.23. The minimum Gasteiger partial charge on any atom is -0.442 e. The van der Waals surface area contributed by atoms with Crippen LogP contribution in [0.4, 0.5) is 41.1 Å². The number of ether oxygens (including phenoxy) is 4. The molecule has 2 aromatic carbocycles. The van der Waals surface area contributed by atoms with Crippen LogP contribution >= 0.6 is 27.0 Å². The first-order valence-corrected chi connectivity index (χ1v) is 14.7. The van der Waals surface area contributed by atoms with Gasteiger partial charge in [-0.3, -0.25) is 14.6 Å². The van der Waals surface area contributed by atoms with Crippen LogP contribution in [-0.2, 0) is 23.7 Å². The fourth-order valence-electron chi connectivity index (χ4n) is 5.93. The van der Waals surface area contributed by atoms with Crippen molar-refractivity contribution in [2.45, 2.75) is 19.1 Å². The Hall–Kier alpha value is -3.47. The van der Waals surface area contributed by atoms with Gasteiger partial charge in [-0.05, 0) is 36.4 Å². The van der Waals surface area contributed by atoms with E-state index in [-0.39, 0.29) is 59.1 Å². The molecule has 4 heterocycles. The first-order valence-electron chi connectivity index (χ1n) is 14.7. The molecule has 0 spiro atoms. The molecule has 0 unspecified atom stereocenters. The van der Waals surface area contributed by atoms with Crippen molar-refractivity contribution >= 4 is 67.8 Å². The molecule has 0 radical (unpaired) electrons. The standard InChI is InChI=1S/C30H35F2N5O7.2H2S/c1-20(38)35(16-23-18-36(29(39)43-23)21-2-4-27(25(31)14-21)33-6-10-41-11-7-33)17-24-19-37(30(40)44-24)22-3-5-28(26(32)15-22)34-8-12-42-13-9-34;;/h2-5,14-15,23-24H,6-13,16-19H2,1H3;2*1H2/t23-,24-;;/m0../s1. The summed E-state index contributed by atoms with van der Waals surface area (Å²) >= 11 is 0. The van der Waals surface area contributed by atoms with Crippen LogP contribution in [0.1, 0.15) is 6.92 Å². The molecule has 252 valence electrons. The Morgan fingerprint density at radius 1 is 0.739 bits per heavy atom. The molecular formula is C30H39F2N5O7S2. The van der Waals surface area contributed by atoms with E-state index >= 15 is 0 Å². The normalized spacial score (nSPS) is 21.4. The second-order valence-electron chi connectivity index (χ2n) is 11.1. The van der Waals surface area contributed by atoms with Gasteiger partial charge < -0.3 is 33.6 Å². The fraction of sp³-hybridized carbons (Fsp3) is 0.500. The maximum atomic E-state index is 15.0. The van der Waals surface area contributed by atoms with Crippen molar-refractivity contribution in [3.8, 4) is 0 Å². The molecule has 12 nitrogen and oxygen atoms in total. The van der Waals surface area contributed by atoms with E-state index in [0.717, 1.165) is 0 Å². The predicted octanol–water partition coefficient (Wildman–Crippen LogP) is 3.06. The van der Waals surface area contributed by atoms with Gasteiger partial charge in [-0.25, -0.2) is 18.4 Å². The molecule has 0 bridgehead atoms. The molecule has 16 heteroatoms. The van der Waals surface area contributed by atoms with Gasteiger partial charge in [0.2, 0.25) is 5.91 Å². The Morgan fingerprint density at radius 3 is 1.48 bits per heavy atom. The average Bonchev–Trinajstić information content (AvgIpc) is 3.58. The van der Waals surface area contributed by atoms with Crippen LogP contribution in [0, 0.1) is 11.6 Å². The van der Waals surface area contributed by atoms with E-state index in [1.165, 1.54) is 33.8 Å². The highest BCUT2D eigenvalue weighted by atomic mass is 32.1. The maximum Gasteiger partial charge on any atom is 0.414 e. The zero-order chi connectivity index (χ0) is 30.8. The largest absolute Gasteiger partial charge is 0.442 e. The summed E-state index contributed by atoms with van der Waals surface area (Å²) in [6.45, 7) is 6.13. The van der Waals surface area contributed by atoms with Crippen LogP contribution in [0.25, 0.3) is 0 Å². The lowest BCUT2D eigenvalue weighted by Gasteiger charge is -2.29. The SMILES string of the molecule is CC(=O)N(C[C@H]1CN(c2ccc(N3CCOCC3)c(F)c2)C(=O)O1)C[C@H]1CN(c2ccc(N3CCOCC3)c(F)c2)C(=O)O1.S.S. The van der Waals surface area contributed by atoms with Gasteiger partial charge in [0.05, 0.1) is 75.4 Å². The third-order valence-electron chi connectivity index (χ3n) is 8.23. The number of anilines is 4. The highest BCUT2D eigenvalue weighted by Gasteiger charge is 2.38. The van der Waals surface area contributed by atoms with Crippen LogP contribution in [0.2, 0.25) is 0 Å². The zero-order valence-electron chi connectivity index (χ0n) is 25.5. The average molecular weight is 684 g/mol. The first-order chi connectivity index (χ1) is 21.3. The molecule has 0 N–H and O–H groups in total. The molecule has 46 heavy (non-hydrogen) atoms. The number of carbonyl (C=O) groups excluding carboxylic acids is 3. The molecule has 0 aromatic heterocycles. The van der Waals surface area contributed by atoms with Crippen LogP contribution in [-0.4, -0.2) is 114 Å². The fourth-order valence-corrected chi connectivity index (χ4v) is 5.93. The van der Waals surface area contributed by atoms with E-state index in [0.29, 0.717) is 75.4 Å². The molecule has 2 atom stereocenters. The molecule has 4 aliphatic rings. The van der Waals surface area contributed by atoms with Gasteiger partial charge in [0.25, 0.3) is 0 Å². The van der Waals surface area contributed by atoms with Crippen molar-refractivity contribution < 1.29 is 42.1 Å². The van der Waals surface area contributed by atoms with Crippen LogP contribution in [0.15, 0.2) is 36.4 Å². The van der Waals surface area contributed by atoms with Gasteiger partial charge in [0.15, 0.2) is 0 Å². The van der Waals surface area contributed by atoms with Crippen molar-refractivity contribution in [2.75, 3.05) is 98.4 Å². The lowest BCUT2D eigenvalue weighted by Crippen LogP contribution is -2.43. The first kappa shape index (κ1) is 35.4. The highest BCUT2D eigenvalue weighted by molar-refractivity contribution is 7.59. The maximum absolute atomic E-state index is 15.0. The molecular weight excluding hydrogens is 644 g/mol. The molecule has 6 rings (SSSR count). The molecule has 4 fully saturated rings. The monoisotopic (exact) mass is 683 g/mol. The quantitative estimate of drug-likeness (QED) is 0.416.